The van der Waals surface area contributed by atoms with Crippen molar-refractivity contribution in [1.29, 1.82) is 0 Å². The van der Waals surface area contributed by atoms with Crippen molar-refractivity contribution in [3.8, 4) is 5.75 Å². The summed E-state index contributed by atoms with van der Waals surface area (Å²) in [5.41, 5.74) is 2.82. The van der Waals surface area contributed by atoms with E-state index in [9.17, 15) is 13.6 Å². The van der Waals surface area contributed by atoms with Crippen molar-refractivity contribution in [3.63, 3.8) is 0 Å². The molecule has 0 bridgehead atoms. The van der Waals surface area contributed by atoms with Crippen LogP contribution in [0.3, 0.4) is 0 Å². The summed E-state index contributed by atoms with van der Waals surface area (Å²) < 4.78 is 29.3. The fourth-order valence-electron chi connectivity index (χ4n) is 3.14. The Kier molecular flexibility index (Phi) is 7.51. The van der Waals surface area contributed by atoms with Crippen LogP contribution in [0.5, 0.6) is 5.75 Å². The summed E-state index contributed by atoms with van der Waals surface area (Å²) in [7, 11) is 0. The average molecular weight is 410 g/mol. The second-order valence-corrected chi connectivity index (χ2v) is 6.88. The number of hydrogen-bond acceptors (Lipinski definition) is 3. The fraction of sp³-hybridized carbons (Fsp3) is 0.208. The van der Waals surface area contributed by atoms with Crippen molar-refractivity contribution < 1.29 is 18.3 Å². The van der Waals surface area contributed by atoms with Crippen LogP contribution in [0.2, 0.25) is 0 Å². The van der Waals surface area contributed by atoms with Crippen LogP contribution in [-0.4, -0.2) is 18.6 Å². The van der Waals surface area contributed by atoms with Gasteiger partial charge in [-0.15, -0.1) is 0 Å². The van der Waals surface area contributed by atoms with Crippen molar-refractivity contribution >= 4 is 5.91 Å². The van der Waals surface area contributed by atoms with E-state index in [0.29, 0.717) is 6.54 Å². The molecule has 3 aromatic carbocycles. The van der Waals surface area contributed by atoms with Crippen LogP contribution in [-0.2, 0) is 11.3 Å². The number of rotatable bonds is 9. The van der Waals surface area contributed by atoms with Gasteiger partial charge in [-0.1, -0.05) is 72.8 Å². The first-order valence-electron chi connectivity index (χ1n) is 9.70. The molecule has 3 aromatic rings. The number of nitrogens with one attached hydrogen (secondary N) is 2. The van der Waals surface area contributed by atoms with E-state index in [2.05, 4.69) is 15.4 Å². The molecular weight excluding hydrogens is 386 g/mol. The highest BCUT2D eigenvalue weighted by Gasteiger charge is 2.21. The molecule has 0 heterocycles. The largest absolute Gasteiger partial charge is 0.435 e. The molecular formula is C24H24F2N2O2. The predicted molar refractivity (Wildman–Crippen MR) is 112 cm³/mol. The molecule has 0 fully saturated rings. The van der Waals surface area contributed by atoms with E-state index >= 15 is 0 Å². The lowest BCUT2D eigenvalue weighted by molar-refractivity contribution is -0.123. The molecule has 2 N–H and O–H groups in total. The molecule has 0 aliphatic heterocycles. The number of ether oxygens (including phenoxy) is 1. The third kappa shape index (κ3) is 6.12. The molecule has 3 rings (SSSR count). The summed E-state index contributed by atoms with van der Waals surface area (Å²) in [4.78, 5) is 12.6. The van der Waals surface area contributed by atoms with Gasteiger partial charge in [0.2, 0.25) is 5.91 Å². The highest BCUT2D eigenvalue weighted by molar-refractivity contribution is 5.81. The van der Waals surface area contributed by atoms with E-state index < -0.39 is 12.7 Å². The van der Waals surface area contributed by atoms with Crippen LogP contribution < -0.4 is 15.4 Å². The molecule has 4 nitrogen and oxygen atoms in total. The Bertz CT molecular complexity index is 919. The molecule has 30 heavy (non-hydrogen) atoms. The van der Waals surface area contributed by atoms with E-state index in [1.807, 2.05) is 60.7 Å². The van der Waals surface area contributed by atoms with Gasteiger partial charge >= 0.3 is 6.61 Å². The van der Waals surface area contributed by atoms with Crippen LogP contribution in [0.4, 0.5) is 8.78 Å². The molecule has 156 valence electrons. The maximum Gasteiger partial charge on any atom is 0.387 e. The van der Waals surface area contributed by atoms with Crippen LogP contribution in [0.25, 0.3) is 0 Å². The first-order chi connectivity index (χ1) is 14.5. The van der Waals surface area contributed by atoms with Crippen molar-refractivity contribution in [2.45, 2.75) is 32.2 Å². The van der Waals surface area contributed by atoms with Gasteiger partial charge in [-0.3, -0.25) is 10.1 Å². The Morgan fingerprint density at radius 1 is 0.867 bits per heavy atom. The van der Waals surface area contributed by atoms with Crippen LogP contribution >= 0.6 is 0 Å². The average Bonchev–Trinajstić information content (AvgIpc) is 2.77. The maximum absolute atomic E-state index is 12.6. The topological polar surface area (TPSA) is 50.4 Å². The highest BCUT2D eigenvalue weighted by atomic mass is 19.3. The normalized spacial score (nSPS) is 12.9. The molecule has 0 aliphatic carbocycles. The summed E-state index contributed by atoms with van der Waals surface area (Å²) in [6.45, 7) is -0.626. The van der Waals surface area contributed by atoms with E-state index in [0.717, 1.165) is 16.7 Å². The second-order valence-electron chi connectivity index (χ2n) is 6.88. The van der Waals surface area contributed by atoms with Gasteiger partial charge in [0.1, 0.15) is 5.75 Å². The number of amides is 1. The van der Waals surface area contributed by atoms with Crippen LogP contribution in [0.15, 0.2) is 84.9 Å². The lowest BCUT2D eigenvalue weighted by atomic mass is 9.97. The van der Waals surface area contributed by atoms with Crippen molar-refractivity contribution in [2.24, 2.45) is 0 Å². The third-order valence-corrected chi connectivity index (χ3v) is 4.69. The minimum Gasteiger partial charge on any atom is -0.435 e. The summed E-state index contributed by atoms with van der Waals surface area (Å²) in [6.07, 6.45) is 0. The molecule has 6 heteroatoms. The standard InChI is InChI=1S/C24H24F2N2O2/c1-17(23(29)27-16-18-8-4-2-5-9-18)28-22(19-10-6-3-7-11-19)20-12-14-21(15-13-20)30-24(25)26/h2-15,17,22,24,28H,16H2,1H3,(H,27,29)/t17-,22-/m0/s1. The number of benzene rings is 3. The molecule has 0 spiro atoms. The van der Waals surface area contributed by atoms with Crippen LogP contribution in [0, 0.1) is 0 Å². The molecule has 0 radical (unpaired) electrons. The predicted octanol–water partition coefficient (Wildman–Crippen LogP) is 4.67. The van der Waals surface area contributed by atoms with E-state index in [4.69, 9.17) is 0 Å². The first-order valence-corrected chi connectivity index (χ1v) is 9.70. The molecule has 0 saturated carbocycles. The van der Waals surface area contributed by atoms with Crippen molar-refractivity contribution in [1.82, 2.24) is 10.6 Å². The molecule has 0 saturated heterocycles. The van der Waals surface area contributed by atoms with Gasteiger partial charge in [-0.2, -0.15) is 8.78 Å². The van der Waals surface area contributed by atoms with Gasteiger partial charge < -0.3 is 10.1 Å². The Hall–Kier alpha value is -3.25. The van der Waals surface area contributed by atoms with Gasteiger partial charge in [0, 0.05) is 6.54 Å². The Morgan fingerprint density at radius 3 is 2.03 bits per heavy atom. The highest BCUT2D eigenvalue weighted by Crippen LogP contribution is 2.25. The van der Waals surface area contributed by atoms with Gasteiger partial charge in [0.05, 0.1) is 12.1 Å². The molecule has 1 amide bonds. The van der Waals surface area contributed by atoms with Crippen molar-refractivity contribution in [3.05, 3.63) is 102 Å². The van der Waals surface area contributed by atoms with Crippen molar-refractivity contribution in [2.75, 3.05) is 0 Å². The molecule has 0 aromatic heterocycles. The molecule has 0 unspecified atom stereocenters. The van der Waals surface area contributed by atoms with Gasteiger partial charge in [-0.25, -0.2) is 0 Å². The number of alkyl halides is 2. The lowest BCUT2D eigenvalue weighted by Crippen LogP contribution is -2.43. The Labute approximate surface area is 174 Å². The summed E-state index contributed by atoms with van der Waals surface area (Å²) in [5, 5.41) is 6.28. The minimum absolute atomic E-state index is 0.0919. The Morgan fingerprint density at radius 2 is 1.43 bits per heavy atom. The Balaban J connectivity index is 1.72. The number of carbonyl (C=O) groups is 1. The fourth-order valence-corrected chi connectivity index (χ4v) is 3.14. The van der Waals surface area contributed by atoms with Gasteiger partial charge in [0.25, 0.3) is 0 Å². The smallest absolute Gasteiger partial charge is 0.387 e. The van der Waals surface area contributed by atoms with Gasteiger partial charge in [-0.05, 0) is 35.7 Å². The van der Waals surface area contributed by atoms with E-state index in [1.165, 1.54) is 12.1 Å². The number of halogens is 2. The zero-order chi connectivity index (χ0) is 21.3. The summed E-state index contributed by atoms with van der Waals surface area (Å²) >= 11 is 0. The zero-order valence-corrected chi connectivity index (χ0v) is 16.6. The van der Waals surface area contributed by atoms with Gasteiger partial charge in [0.15, 0.2) is 0 Å². The first kappa shape index (κ1) is 21.5. The number of carbonyl (C=O) groups excluding carboxylic acids is 1. The molecule has 0 aliphatic rings. The molecule has 2 atom stereocenters. The zero-order valence-electron chi connectivity index (χ0n) is 16.6. The third-order valence-electron chi connectivity index (χ3n) is 4.69. The summed E-state index contributed by atoms with van der Waals surface area (Å²) in [6, 6.07) is 25.0. The number of hydrogen-bond donors (Lipinski definition) is 2. The monoisotopic (exact) mass is 410 g/mol. The second kappa shape index (κ2) is 10.5. The maximum atomic E-state index is 12.6. The quantitative estimate of drug-likeness (QED) is 0.539. The van der Waals surface area contributed by atoms with E-state index in [-0.39, 0.29) is 17.7 Å². The minimum atomic E-state index is -2.87. The van der Waals surface area contributed by atoms with E-state index in [1.54, 1.807) is 19.1 Å². The lowest BCUT2D eigenvalue weighted by Gasteiger charge is -2.24. The summed E-state index contributed by atoms with van der Waals surface area (Å²) in [5.74, 6) is -0.0355. The SMILES string of the molecule is C[C@H](N[C@@H](c1ccccc1)c1ccc(OC(F)F)cc1)C(=O)NCc1ccccc1. The van der Waals surface area contributed by atoms with Crippen LogP contribution in [0.1, 0.15) is 29.7 Å².